The number of nitrogens with one attached hydrogen (secondary N) is 1. The summed E-state index contributed by atoms with van der Waals surface area (Å²) in [5.41, 5.74) is 5.88. The van der Waals surface area contributed by atoms with Crippen LogP contribution < -0.4 is 9.64 Å². The highest BCUT2D eigenvalue weighted by Gasteiger charge is 2.44. The molecule has 0 saturated heterocycles. The molecule has 5 rings (SSSR count). The normalized spacial score (nSPS) is 16.2. The fourth-order valence-electron chi connectivity index (χ4n) is 5.30. The second-order valence-electron chi connectivity index (χ2n) is 8.42. The largest absolute Gasteiger partial charge is 0.481 e. The van der Waals surface area contributed by atoms with Gasteiger partial charge in [-0.1, -0.05) is 25.2 Å². The SMILES string of the molecule is C#CCOc1ccc2c(c1)C1(CCCCC1)c1cc(N=C)ccc1N2CCc1nnn[nH]1. The molecule has 2 aliphatic rings. The number of hydrogen-bond acceptors (Lipinski definition) is 6. The van der Waals surface area contributed by atoms with Crippen molar-refractivity contribution in [3.8, 4) is 18.1 Å². The Bertz CT molecular complexity index is 1160. The van der Waals surface area contributed by atoms with Crippen LogP contribution in [0.25, 0.3) is 0 Å². The Kier molecular flexibility index (Phi) is 5.36. The van der Waals surface area contributed by atoms with Gasteiger partial charge in [0, 0.05) is 29.8 Å². The number of terminal acetylenes is 1. The molecule has 1 spiro atoms. The Morgan fingerprint density at radius 1 is 1.12 bits per heavy atom. The molecule has 7 heteroatoms. The maximum atomic E-state index is 5.83. The van der Waals surface area contributed by atoms with Crippen molar-refractivity contribution in [2.75, 3.05) is 18.1 Å². The van der Waals surface area contributed by atoms with E-state index in [-0.39, 0.29) is 12.0 Å². The zero-order chi connectivity index (χ0) is 22.0. The average Bonchev–Trinajstić information content (AvgIpc) is 3.37. The molecule has 0 amide bonds. The van der Waals surface area contributed by atoms with Crippen LogP contribution in [-0.2, 0) is 11.8 Å². The number of nitrogens with zero attached hydrogens (tertiary/aromatic N) is 5. The first-order valence-corrected chi connectivity index (χ1v) is 11.1. The highest BCUT2D eigenvalue weighted by Crippen LogP contribution is 2.56. The molecule has 3 aromatic rings. The molecular weight excluding hydrogens is 400 g/mol. The van der Waals surface area contributed by atoms with Crippen LogP contribution in [0.3, 0.4) is 0 Å². The number of anilines is 2. The first kappa shape index (κ1) is 20.3. The molecule has 7 nitrogen and oxygen atoms in total. The summed E-state index contributed by atoms with van der Waals surface area (Å²) in [7, 11) is 0. The monoisotopic (exact) mass is 426 g/mol. The molecule has 2 aromatic carbocycles. The van der Waals surface area contributed by atoms with Gasteiger partial charge in [0.25, 0.3) is 0 Å². The van der Waals surface area contributed by atoms with Crippen molar-refractivity contribution in [2.24, 2.45) is 4.99 Å². The third-order valence-electron chi connectivity index (χ3n) is 6.73. The molecule has 0 bridgehead atoms. The first-order chi connectivity index (χ1) is 15.7. The van der Waals surface area contributed by atoms with Crippen LogP contribution in [0.2, 0.25) is 0 Å². The lowest BCUT2D eigenvalue weighted by molar-refractivity contribution is 0.338. The van der Waals surface area contributed by atoms with E-state index in [2.05, 4.69) is 67.4 Å². The molecule has 1 aromatic heterocycles. The van der Waals surface area contributed by atoms with E-state index in [9.17, 15) is 0 Å². The fourth-order valence-corrected chi connectivity index (χ4v) is 5.30. The Morgan fingerprint density at radius 2 is 1.91 bits per heavy atom. The van der Waals surface area contributed by atoms with Crippen LogP contribution >= 0.6 is 0 Å². The van der Waals surface area contributed by atoms with Gasteiger partial charge in [-0.05, 0) is 77.5 Å². The molecule has 0 atom stereocenters. The zero-order valence-corrected chi connectivity index (χ0v) is 18.0. The Hall–Kier alpha value is -3.66. The van der Waals surface area contributed by atoms with Crippen molar-refractivity contribution in [1.82, 2.24) is 20.6 Å². The van der Waals surface area contributed by atoms with E-state index in [1.165, 1.54) is 41.8 Å². The second kappa shape index (κ2) is 8.46. The van der Waals surface area contributed by atoms with Gasteiger partial charge in [-0.15, -0.1) is 11.5 Å². The smallest absolute Gasteiger partial charge is 0.150 e. The minimum Gasteiger partial charge on any atom is -0.481 e. The van der Waals surface area contributed by atoms with Crippen LogP contribution in [0.5, 0.6) is 5.75 Å². The molecule has 1 saturated carbocycles. The first-order valence-electron chi connectivity index (χ1n) is 11.1. The van der Waals surface area contributed by atoms with Crippen molar-refractivity contribution in [3.63, 3.8) is 0 Å². The lowest BCUT2D eigenvalue weighted by atomic mass is 9.62. The third kappa shape index (κ3) is 3.42. The molecule has 2 heterocycles. The number of aliphatic imine (C=N–C) groups is 1. The molecule has 0 unspecified atom stereocenters. The molecule has 1 aliphatic heterocycles. The predicted molar refractivity (Wildman–Crippen MR) is 125 cm³/mol. The van der Waals surface area contributed by atoms with Gasteiger partial charge in [0.15, 0.2) is 0 Å². The van der Waals surface area contributed by atoms with Crippen molar-refractivity contribution < 1.29 is 4.74 Å². The molecule has 1 fully saturated rings. The summed E-state index contributed by atoms with van der Waals surface area (Å²) in [5.74, 6) is 4.15. The van der Waals surface area contributed by atoms with E-state index in [1.807, 2.05) is 12.1 Å². The number of tetrazole rings is 1. The number of ether oxygens (including phenoxy) is 1. The van der Waals surface area contributed by atoms with E-state index in [4.69, 9.17) is 11.2 Å². The van der Waals surface area contributed by atoms with Crippen molar-refractivity contribution in [3.05, 3.63) is 53.3 Å². The quantitative estimate of drug-likeness (QED) is 0.464. The van der Waals surface area contributed by atoms with Gasteiger partial charge in [-0.2, -0.15) is 0 Å². The summed E-state index contributed by atoms with van der Waals surface area (Å²) in [6, 6.07) is 12.8. The van der Waals surface area contributed by atoms with Gasteiger partial charge in [0.2, 0.25) is 0 Å². The number of fused-ring (bicyclic) bond motifs is 4. The number of benzene rings is 2. The second-order valence-corrected chi connectivity index (χ2v) is 8.42. The van der Waals surface area contributed by atoms with Gasteiger partial charge in [-0.3, -0.25) is 4.99 Å². The van der Waals surface area contributed by atoms with E-state index in [1.54, 1.807) is 0 Å². The van der Waals surface area contributed by atoms with Crippen LogP contribution in [-0.4, -0.2) is 40.5 Å². The minimum absolute atomic E-state index is 0.0660. The molecule has 32 heavy (non-hydrogen) atoms. The number of H-pyrrole nitrogens is 1. The standard InChI is InChI=1S/C25H26N6O/c1-3-15-32-19-8-10-23-21(17-19)25(12-5-4-6-13-25)20-16-18(26-2)7-9-22(20)31(23)14-11-24-27-29-30-28-24/h1,7-10,16-17H,2,4-6,11-15H2,(H,27,28,29,30). The molecular formula is C25H26N6O. The van der Waals surface area contributed by atoms with Gasteiger partial charge in [0.1, 0.15) is 18.2 Å². The van der Waals surface area contributed by atoms with E-state index >= 15 is 0 Å². The topological polar surface area (TPSA) is 79.3 Å². The maximum absolute atomic E-state index is 5.83. The van der Waals surface area contributed by atoms with E-state index < -0.39 is 0 Å². The molecule has 1 aliphatic carbocycles. The van der Waals surface area contributed by atoms with Gasteiger partial charge in [-0.25, -0.2) is 5.10 Å². The lowest BCUT2D eigenvalue weighted by Crippen LogP contribution is -2.39. The Morgan fingerprint density at radius 3 is 2.62 bits per heavy atom. The number of rotatable bonds is 6. The fraction of sp³-hybridized carbons (Fsp3) is 0.360. The maximum Gasteiger partial charge on any atom is 0.150 e. The van der Waals surface area contributed by atoms with E-state index in [0.29, 0.717) is 6.42 Å². The lowest BCUT2D eigenvalue weighted by Gasteiger charge is -2.47. The molecule has 1 N–H and O–H groups in total. The number of aromatic amines is 1. The summed E-state index contributed by atoms with van der Waals surface area (Å²) in [5, 5.41) is 14.4. The molecule has 0 radical (unpaired) electrons. The van der Waals surface area contributed by atoms with Gasteiger partial charge >= 0.3 is 0 Å². The van der Waals surface area contributed by atoms with Crippen molar-refractivity contribution in [1.29, 1.82) is 0 Å². The summed E-state index contributed by atoms with van der Waals surface area (Å²) in [4.78, 5) is 6.60. The molecule has 162 valence electrons. The van der Waals surface area contributed by atoms with Crippen LogP contribution in [0.15, 0.2) is 41.4 Å². The summed E-state index contributed by atoms with van der Waals surface area (Å²) >= 11 is 0. The van der Waals surface area contributed by atoms with Crippen LogP contribution in [0, 0.1) is 12.3 Å². The third-order valence-corrected chi connectivity index (χ3v) is 6.73. The minimum atomic E-state index is -0.0660. The number of aromatic nitrogens is 4. The van der Waals surface area contributed by atoms with Gasteiger partial charge in [0.05, 0.1) is 5.69 Å². The van der Waals surface area contributed by atoms with Crippen molar-refractivity contribution in [2.45, 2.75) is 43.9 Å². The highest BCUT2D eigenvalue weighted by atomic mass is 16.5. The summed E-state index contributed by atoms with van der Waals surface area (Å²) < 4.78 is 5.83. The predicted octanol–water partition coefficient (Wildman–Crippen LogP) is 4.49. The highest BCUT2D eigenvalue weighted by molar-refractivity contribution is 5.80. The summed E-state index contributed by atoms with van der Waals surface area (Å²) in [6.45, 7) is 4.77. The zero-order valence-electron chi connectivity index (χ0n) is 18.0. The average molecular weight is 427 g/mol. The van der Waals surface area contributed by atoms with Crippen LogP contribution in [0.4, 0.5) is 17.1 Å². The summed E-state index contributed by atoms with van der Waals surface area (Å²) in [6.07, 6.45) is 12.0. The van der Waals surface area contributed by atoms with E-state index in [0.717, 1.165) is 36.6 Å². The van der Waals surface area contributed by atoms with Crippen molar-refractivity contribution >= 4 is 23.8 Å². The number of hydrogen-bond donors (Lipinski definition) is 1. The Labute approximate surface area is 187 Å². The van der Waals surface area contributed by atoms with Crippen LogP contribution in [0.1, 0.15) is 49.1 Å². The van der Waals surface area contributed by atoms with Gasteiger partial charge < -0.3 is 9.64 Å². The Balaban J connectivity index is 1.66.